The largest absolute Gasteiger partial charge is 0.366 e. The molecule has 1 saturated carbocycles. The van der Waals surface area contributed by atoms with Crippen LogP contribution >= 0.6 is 0 Å². The van der Waals surface area contributed by atoms with Gasteiger partial charge in [-0.25, -0.2) is 14.4 Å². The number of H-pyrrole nitrogens is 1. The Balaban J connectivity index is 1.42. The van der Waals surface area contributed by atoms with Crippen molar-refractivity contribution in [2.45, 2.75) is 50.4 Å². The average molecular weight is 400 g/mol. The molecule has 2 fully saturated rings. The SMILES string of the molecule is C=CC(=O)N1CCC(Nc2cnc3[nH]cc(C(=O)N[C@H]4CC[C@H](F)C4)c3n2)CC1. The predicted octanol–water partition coefficient (Wildman–Crippen LogP) is 2.17. The fourth-order valence-corrected chi connectivity index (χ4v) is 4.04. The summed E-state index contributed by atoms with van der Waals surface area (Å²) in [7, 11) is 0. The van der Waals surface area contributed by atoms with Gasteiger partial charge >= 0.3 is 0 Å². The molecule has 2 aromatic rings. The van der Waals surface area contributed by atoms with Gasteiger partial charge in [-0.05, 0) is 38.2 Å². The van der Waals surface area contributed by atoms with Crippen molar-refractivity contribution in [1.82, 2.24) is 25.2 Å². The summed E-state index contributed by atoms with van der Waals surface area (Å²) in [6.07, 6.45) is 6.82. The molecule has 0 aromatic carbocycles. The highest BCUT2D eigenvalue weighted by Crippen LogP contribution is 2.23. The van der Waals surface area contributed by atoms with Gasteiger partial charge in [-0.1, -0.05) is 6.58 Å². The first-order valence-corrected chi connectivity index (χ1v) is 10.0. The number of rotatable bonds is 5. The van der Waals surface area contributed by atoms with Crippen LogP contribution in [0.2, 0.25) is 0 Å². The number of likely N-dealkylation sites (tertiary alicyclic amines) is 1. The molecule has 0 bridgehead atoms. The van der Waals surface area contributed by atoms with Crippen LogP contribution in [0.15, 0.2) is 25.0 Å². The Hall–Kier alpha value is -2.97. The Morgan fingerprint density at radius 3 is 2.72 bits per heavy atom. The normalized spacial score (nSPS) is 22.6. The monoisotopic (exact) mass is 400 g/mol. The fourth-order valence-electron chi connectivity index (χ4n) is 4.04. The van der Waals surface area contributed by atoms with Crippen LogP contribution in [0.3, 0.4) is 0 Å². The maximum Gasteiger partial charge on any atom is 0.255 e. The van der Waals surface area contributed by atoms with Crippen molar-refractivity contribution in [2.75, 3.05) is 18.4 Å². The third-order valence-corrected chi connectivity index (χ3v) is 5.66. The minimum Gasteiger partial charge on any atom is -0.366 e. The number of hydrogen-bond donors (Lipinski definition) is 3. The molecule has 2 aromatic heterocycles. The van der Waals surface area contributed by atoms with E-state index in [4.69, 9.17) is 0 Å². The number of nitrogens with one attached hydrogen (secondary N) is 3. The van der Waals surface area contributed by atoms with Gasteiger partial charge < -0.3 is 20.5 Å². The molecule has 0 spiro atoms. The van der Waals surface area contributed by atoms with Crippen molar-refractivity contribution in [3.8, 4) is 0 Å². The predicted molar refractivity (Wildman–Crippen MR) is 107 cm³/mol. The number of aromatic amines is 1. The number of amides is 2. The molecule has 1 aliphatic carbocycles. The fraction of sp³-hybridized carbons (Fsp3) is 0.500. The van der Waals surface area contributed by atoms with Crippen molar-refractivity contribution in [1.29, 1.82) is 0 Å². The lowest BCUT2D eigenvalue weighted by Gasteiger charge is -2.31. The molecular formula is C20H25FN6O2. The number of halogens is 1. The van der Waals surface area contributed by atoms with Crippen LogP contribution in [-0.2, 0) is 4.79 Å². The molecule has 2 amide bonds. The number of carbonyl (C=O) groups is 2. The molecule has 0 unspecified atom stereocenters. The minimum atomic E-state index is -0.841. The molecule has 1 saturated heterocycles. The summed E-state index contributed by atoms with van der Waals surface area (Å²) >= 11 is 0. The van der Waals surface area contributed by atoms with E-state index < -0.39 is 6.17 Å². The molecule has 8 nitrogen and oxygen atoms in total. The number of aromatic nitrogens is 3. The summed E-state index contributed by atoms with van der Waals surface area (Å²) in [4.78, 5) is 38.0. The second kappa shape index (κ2) is 8.18. The van der Waals surface area contributed by atoms with Gasteiger partial charge in [-0.3, -0.25) is 9.59 Å². The number of anilines is 1. The van der Waals surface area contributed by atoms with E-state index in [1.807, 2.05) is 0 Å². The quantitative estimate of drug-likeness (QED) is 0.668. The van der Waals surface area contributed by atoms with E-state index in [1.54, 1.807) is 17.3 Å². The van der Waals surface area contributed by atoms with Crippen LogP contribution in [0.5, 0.6) is 0 Å². The highest BCUT2D eigenvalue weighted by molar-refractivity contribution is 6.04. The summed E-state index contributed by atoms with van der Waals surface area (Å²) in [6, 6.07) is 0.0342. The molecule has 0 radical (unpaired) electrons. The van der Waals surface area contributed by atoms with Gasteiger partial charge in [0.1, 0.15) is 17.5 Å². The summed E-state index contributed by atoms with van der Waals surface area (Å²) < 4.78 is 13.4. The summed E-state index contributed by atoms with van der Waals surface area (Å²) in [5, 5.41) is 6.25. The van der Waals surface area contributed by atoms with Crippen LogP contribution in [0.1, 0.15) is 42.5 Å². The number of nitrogens with zero attached hydrogens (tertiary/aromatic N) is 3. The van der Waals surface area contributed by atoms with E-state index in [2.05, 4.69) is 32.2 Å². The average Bonchev–Trinajstić information content (AvgIpc) is 3.33. The third kappa shape index (κ3) is 4.23. The van der Waals surface area contributed by atoms with Crippen LogP contribution in [0.25, 0.3) is 11.2 Å². The first-order chi connectivity index (χ1) is 14.0. The second-order valence-corrected chi connectivity index (χ2v) is 7.68. The maximum atomic E-state index is 13.4. The van der Waals surface area contributed by atoms with Crippen molar-refractivity contribution < 1.29 is 14.0 Å². The lowest BCUT2D eigenvalue weighted by molar-refractivity contribution is -0.126. The van der Waals surface area contributed by atoms with Crippen LogP contribution in [0.4, 0.5) is 10.2 Å². The molecule has 154 valence electrons. The van der Waals surface area contributed by atoms with E-state index in [0.29, 0.717) is 54.9 Å². The lowest BCUT2D eigenvalue weighted by Crippen LogP contribution is -2.41. The Bertz CT molecular complexity index is 921. The minimum absolute atomic E-state index is 0.0472. The number of alkyl halides is 1. The van der Waals surface area contributed by atoms with Crippen LogP contribution in [0, 0.1) is 0 Å². The Morgan fingerprint density at radius 2 is 2.03 bits per heavy atom. The van der Waals surface area contributed by atoms with Gasteiger partial charge in [0, 0.05) is 31.4 Å². The van der Waals surface area contributed by atoms with E-state index >= 15 is 0 Å². The number of hydrogen-bond acceptors (Lipinski definition) is 5. The van der Waals surface area contributed by atoms with Gasteiger partial charge in [-0.2, -0.15) is 0 Å². The molecule has 4 rings (SSSR count). The number of fused-ring (bicyclic) bond motifs is 1. The molecule has 3 N–H and O–H groups in total. The topological polar surface area (TPSA) is 103 Å². The third-order valence-electron chi connectivity index (χ3n) is 5.66. The van der Waals surface area contributed by atoms with Crippen molar-refractivity contribution >= 4 is 28.8 Å². The first kappa shape index (κ1) is 19.4. The van der Waals surface area contributed by atoms with Gasteiger partial charge in [0.05, 0.1) is 11.8 Å². The summed E-state index contributed by atoms with van der Waals surface area (Å²) in [6.45, 7) is 4.84. The molecule has 2 atom stereocenters. The van der Waals surface area contributed by atoms with E-state index in [-0.39, 0.29) is 23.9 Å². The highest BCUT2D eigenvalue weighted by atomic mass is 19.1. The Kier molecular flexibility index (Phi) is 5.46. The Labute approximate surface area is 168 Å². The first-order valence-electron chi connectivity index (χ1n) is 10.0. The number of piperidine rings is 1. The summed E-state index contributed by atoms with van der Waals surface area (Å²) in [5.41, 5.74) is 1.42. The highest BCUT2D eigenvalue weighted by Gasteiger charge is 2.27. The smallest absolute Gasteiger partial charge is 0.255 e. The number of carbonyl (C=O) groups excluding carboxylic acids is 2. The lowest BCUT2D eigenvalue weighted by atomic mass is 10.1. The van der Waals surface area contributed by atoms with Crippen molar-refractivity contribution in [3.63, 3.8) is 0 Å². The Morgan fingerprint density at radius 1 is 1.24 bits per heavy atom. The van der Waals surface area contributed by atoms with Crippen molar-refractivity contribution in [3.05, 3.63) is 30.6 Å². The zero-order chi connectivity index (χ0) is 20.4. The van der Waals surface area contributed by atoms with Gasteiger partial charge in [0.15, 0.2) is 5.65 Å². The second-order valence-electron chi connectivity index (χ2n) is 7.68. The van der Waals surface area contributed by atoms with E-state index in [0.717, 1.165) is 12.8 Å². The zero-order valence-corrected chi connectivity index (χ0v) is 16.2. The maximum absolute atomic E-state index is 13.4. The van der Waals surface area contributed by atoms with Gasteiger partial charge in [-0.15, -0.1) is 0 Å². The zero-order valence-electron chi connectivity index (χ0n) is 16.2. The molecule has 2 aliphatic rings. The molecule has 1 aliphatic heterocycles. The van der Waals surface area contributed by atoms with Gasteiger partial charge in [0.25, 0.3) is 5.91 Å². The summed E-state index contributed by atoms with van der Waals surface area (Å²) in [5.74, 6) is 0.274. The molecule has 29 heavy (non-hydrogen) atoms. The molecular weight excluding hydrogens is 375 g/mol. The van der Waals surface area contributed by atoms with Crippen LogP contribution in [-0.4, -0.2) is 63.0 Å². The van der Waals surface area contributed by atoms with Crippen LogP contribution < -0.4 is 10.6 Å². The van der Waals surface area contributed by atoms with E-state index in [9.17, 15) is 14.0 Å². The van der Waals surface area contributed by atoms with Gasteiger partial charge in [0.2, 0.25) is 5.91 Å². The molecule has 3 heterocycles. The van der Waals surface area contributed by atoms with Crippen molar-refractivity contribution in [2.24, 2.45) is 0 Å². The standard InChI is InChI=1S/C20H25FN6O2/c1-2-17(28)27-7-5-13(6-8-27)24-16-11-23-19-18(26-16)15(10-22-19)20(29)25-14-4-3-12(21)9-14/h2,10-14H,1,3-9H2,(H,22,23)(H,24,26)(H,25,29)/t12-,14-/m0/s1. The van der Waals surface area contributed by atoms with E-state index in [1.165, 1.54) is 6.08 Å². The molecule has 9 heteroatoms.